The zero-order valence-corrected chi connectivity index (χ0v) is 26.7. The molecule has 218 valence electrons. The van der Waals surface area contributed by atoms with E-state index in [1.807, 2.05) is 44.2 Å². The molecule has 4 rings (SSSR count). The Hall–Kier alpha value is -2.80. The van der Waals surface area contributed by atoms with Crippen molar-refractivity contribution in [2.24, 2.45) is 5.41 Å². The van der Waals surface area contributed by atoms with Gasteiger partial charge in [-0.2, -0.15) is 4.98 Å². The molecule has 0 spiro atoms. The lowest BCUT2D eigenvalue weighted by Gasteiger charge is -2.34. The van der Waals surface area contributed by atoms with Crippen molar-refractivity contribution >= 4 is 52.9 Å². The second-order valence-corrected chi connectivity index (χ2v) is 14.3. The van der Waals surface area contributed by atoms with Crippen molar-refractivity contribution in [3.8, 4) is 5.75 Å². The molecule has 1 aliphatic rings. The second kappa shape index (κ2) is 13.7. The van der Waals surface area contributed by atoms with E-state index in [-0.39, 0.29) is 5.41 Å². The van der Waals surface area contributed by atoms with E-state index in [4.69, 9.17) is 16.3 Å². The number of para-hydroxylation sites is 1. The summed E-state index contributed by atoms with van der Waals surface area (Å²) in [4.78, 5) is 13.8. The van der Waals surface area contributed by atoms with Crippen LogP contribution in [-0.2, 0) is 4.57 Å². The maximum absolute atomic E-state index is 12.8. The molecule has 3 aromatic rings. The molecule has 40 heavy (non-hydrogen) atoms. The van der Waals surface area contributed by atoms with Gasteiger partial charge >= 0.3 is 0 Å². The average Bonchev–Trinajstić information content (AvgIpc) is 3.09. The highest BCUT2D eigenvalue weighted by Crippen LogP contribution is 2.39. The van der Waals surface area contributed by atoms with Crippen molar-refractivity contribution in [3.63, 3.8) is 0 Å². The van der Waals surface area contributed by atoms with Crippen LogP contribution in [0.3, 0.4) is 0 Å². The molecule has 1 aliphatic heterocycles. The molecule has 1 unspecified atom stereocenters. The van der Waals surface area contributed by atoms with Gasteiger partial charge in [0.1, 0.15) is 17.9 Å². The number of halogens is 1. The first kappa shape index (κ1) is 31.7. The summed E-state index contributed by atoms with van der Waals surface area (Å²) in [5.74, 6) is 1.49. The Balaban J connectivity index is 0.00000216. The number of rotatable bonds is 8. The number of anilines is 5. The zero-order chi connectivity index (χ0) is 29.5. The lowest BCUT2D eigenvalue weighted by atomic mass is 9.86. The minimum Gasteiger partial charge on any atom is -0.494 e. The summed E-state index contributed by atoms with van der Waals surface area (Å²) in [5, 5.41) is 7.61. The summed E-state index contributed by atoms with van der Waals surface area (Å²) >= 11 is 6.42. The van der Waals surface area contributed by atoms with E-state index in [9.17, 15) is 4.57 Å². The molecule has 0 bridgehead atoms. The Bertz CT molecular complexity index is 1330. The number of hydrogen-bond acceptors (Lipinski definition) is 8. The van der Waals surface area contributed by atoms with Crippen molar-refractivity contribution in [2.45, 2.75) is 34.1 Å². The van der Waals surface area contributed by atoms with Gasteiger partial charge in [0.2, 0.25) is 5.95 Å². The fourth-order valence-corrected chi connectivity index (χ4v) is 6.14. The average molecular weight is 587 g/mol. The van der Waals surface area contributed by atoms with Crippen LogP contribution >= 0.6 is 18.7 Å². The Morgan fingerprint density at radius 1 is 1.07 bits per heavy atom. The fraction of sp³-hybridized carbons (Fsp3) is 0.467. The summed E-state index contributed by atoms with van der Waals surface area (Å²) in [7, 11) is 1.35. The molecule has 8 nitrogen and oxygen atoms in total. The number of likely N-dealkylation sites (N-methyl/N-ethyl adjacent to an activating group) is 1. The first-order valence-corrected chi connectivity index (χ1v) is 16.8. The van der Waals surface area contributed by atoms with Crippen LogP contribution in [0.15, 0.2) is 48.7 Å². The van der Waals surface area contributed by atoms with Crippen molar-refractivity contribution in [1.82, 2.24) is 14.9 Å². The summed E-state index contributed by atoms with van der Waals surface area (Å²) in [6.07, 6.45) is 2.66. The minimum absolute atomic E-state index is 0.220. The van der Waals surface area contributed by atoms with Crippen LogP contribution in [0.1, 0.15) is 34.1 Å². The number of ether oxygens (including phenoxy) is 1. The van der Waals surface area contributed by atoms with Crippen LogP contribution in [0.5, 0.6) is 5.75 Å². The van der Waals surface area contributed by atoms with E-state index in [1.165, 1.54) is 0 Å². The molecule has 1 aromatic heterocycles. The molecule has 0 aliphatic carbocycles. The van der Waals surface area contributed by atoms with Gasteiger partial charge in [-0.05, 0) is 56.5 Å². The van der Waals surface area contributed by atoms with Crippen LogP contribution < -0.4 is 25.6 Å². The van der Waals surface area contributed by atoms with Gasteiger partial charge in [0.15, 0.2) is 5.82 Å². The number of hydrogen-bond donors (Lipinski definition) is 2. The van der Waals surface area contributed by atoms with Crippen molar-refractivity contribution in [2.75, 3.05) is 69.2 Å². The number of benzene rings is 2. The van der Waals surface area contributed by atoms with Gasteiger partial charge in [-0.3, -0.25) is 0 Å². The molecule has 1 saturated heterocycles. The Morgan fingerprint density at radius 3 is 2.48 bits per heavy atom. The van der Waals surface area contributed by atoms with Crippen molar-refractivity contribution in [1.29, 1.82) is 0 Å². The standard InChI is InChI=1S/C28H38ClN6O2P.C2H6/c1-7-28(2)18-34(3)14-15-35(19-28)20-12-13-22(24(16-20)37-4)32-27-30-17-21(29)26(33-27)31-23-10-8-9-11-25(23)38(5,6)36;1-2/h8-13,16-17H,7,14-15,18-19H2,1-6H3,(H2,30,31,32,33);1-2H3. The maximum Gasteiger partial charge on any atom is 0.229 e. The number of methoxy groups -OCH3 is 1. The number of aromatic nitrogens is 2. The summed E-state index contributed by atoms with van der Waals surface area (Å²) < 4.78 is 18.5. The summed E-state index contributed by atoms with van der Waals surface area (Å²) in [6.45, 7) is 16.2. The second-order valence-electron chi connectivity index (χ2n) is 10.7. The first-order chi connectivity index (χ1) is 19.0. The molecule has 1 fully saturated rings. The Morgan fingerprint density at radius 2 is 1.80 bits per heavy atom. The zero-order valence-electron chi connectivity index (χ0n) is 25.1. The van der Waals surface area contributed by atoms with Gasteiger partial charge in [0, 0.05) is 43.2 Å². The molecule has 0 radical (unpaired) electrons. The molecule has 2 N–H and O–H groups in total. The van der Waals surface area contributed by atoms with E-state index >= 15 is 0 Å². The van der Waals surface area contributed by atoms with E-state index in [0.29, 0.717) is 28.2 Å². The van der Waals surface area contributed by atoms with Crippen LogP contribution in [0, 0.1) is 5.41 Å². The summed E-state index contributed by atoms with van der Waals surface area (Å²) in [6, 6.07) is 13.6. The van der Waals surface area contributed by atoms with E-state index in [0.717, 1.165) is 49.3 Å². The third-order valence-corrected chi connectivity index (χ3v) is 8.93. The molecule has 0 saturated carbocycles. The largest absolute Gasteiger partial charge is 0.494 e. The fourth-order valence-electron chi connectivity index (χ4n) is 4.85. The van der Waals surface area contributed by atoms with E-state index in [1.54, 1.807) is 26.6 Å². The number of nitrogens with zero attached hydrogens (tertiary/aromatic N) is 4. The molecule has 1 atom stereocenters. The van der Waals surface area contributed by atoms with Gasteiger partial charge < -0.3 is 29.7 Å². The van der Waals surface area contributed by atoms with Crippen LogP contribution in [-0.4, -0.2) is 68.5 Å². The normalized spacial score (nSPS) is 17.9. The predicted molar refractivity (Wildman–Crippen MR) is 172 cm³/mol. The predicted octanol–water partition coefficient (Wildman–Crippen LogP) is 7.07. The quantitative estimate of drug-likeness (QED) is 0.271. The van der Waals surface area contributed by atoms with Crippen LogP contribution in [0.4, 0.5) is 28.8 Å². The molecule has 2 aromatic carbocycles. The summed E-state index contributed by atoms with van der Waals surface area (Å²) in [5.41, 5.74) is 2.80. The first-order valence-electron chi connectivity index (χ1n) is 13.8. The number of nitrogens with one attached hydrogen (secondary N) is 2. The van der Waals surface area contributed by atoms with E-state index < -0.39 is 7.14 Å². The molecule has 0 amide bonds. The molecule has 10 heteroatoms. The monoisotopic (exact) mass is 586 g/mol. The van der Waals surface area contributed by atoms with Gasteiger partial charge in [-0.1, -0.05) is 51.4 Å². The molecular weight excluding hydrogens is 543 g/mol. The smallest absolute Gasteiger partial charge is 0.229 e. The lowest BCUT2D eigenvalue weighted by Crippen LogP contribution is -2.37. The minimum atomic E-state index is -2.51. The van der Waals surface area contributed by atoms with Crippen molar-refractivity contribution in [3.05, 3.63) is 53.7 Å². The topological polar surface area (TPSA) is 82.6 Å². The maximum atomic E-state index is 12.8. The van der Waals surface area contributed by atoms with E-state index in [2.05, 4.69) is 63.4 Å². The highest BCUT2D eigenvalue weighted by atomic mass is 35.5. The van der Waals surface area contributed by atoms with Crippen LogP contribution in [0.25, 0.3) is 0 Å². The van der Waals surface area contributed by atoms with Gasteiger partial charge in [-0.15, -0.1) is 0 Å². The van der Waals surface area contributed by atoms with Crippen molar-refractivity contribution < 1.29 is 9.30 Å². The third-order valence-electron chi connectivity index (χ3n) is 7.11. The molecule has 2 heterocycles. The van der Waals surface area contributed by atoms with Gasteiger partial charge in [-0.25, -0.2) is 4.98 Å². The highest BCUT2D eigenvalue weighted by Gasteiger charge is 2.30. The lowest BCUT2D eigenvalue weighted by molar-refractivity contribution is 0.217. The third kappa shape index (κ3) is 7.90. The Labute approximate surface area is 244 Å². The highest BCUT2D eigenvalue weighted by molar-refractivity contribution is 7.70. The van der Waals surface area contributed by atoms with Crippen LogP contribution in [0.2, 0.25) is 5.02 Å². The Kier molecular flexibility index (Phi) is 10.9. The SMILES string of the molecule is CC.CCC1(C)CN(C)CCN(c2ccc(Nc3ncc(Cl)c(Nc4ccccc4P(C)(C)=O)n3)c(OC)c2)C1. The van der Waals surface area contributed by atoms with Gasteiger partial charge in [0.05, 0.1) is 24.7 Å². The van der Waals surface area contributed by atoms with Gasteiger partial charge in [0.25, 0.3) is 0 Å². The molecular formula is C30H44ClN6O2P.